The number of hydrogen-bond donors (Lipinski definition) is 3. The van der Waals surface area contributed by atoms with Gasteiger partial charge in [0.1, 0.15) is 5.82 Å². The Labute approximate surface area is 121 Å². The second kappa shape index (κ2) is 6.53. The third kappa shape index (κ3) is 3.91. The third-order valence-electron chi connectivity index (χ3n) is 3.29. The van der Waals surface area contributed by atoms with Gasteiger partial charge in [-0.25, -0.2) is 14.0 Å². The largest absolute Gasteiger partial charge is 0.478 e. The summed E-state index contributed by atoms with van der Waals surface area (Å²) in [4.78, 5) is 22.8. The number of nitrogens with one attached hydrogen (secondary N) is 2. The van der Waals surface area contributed by atoms with Crippen molar-refractivity contribution in [3.63, 3.8) is 0 Å². The van der Waals surface area contributed by atoms with Gasteiger partial charge in [0.25, 0.3) is 0 Å². The number of carboxylic acids is 1. The normalized spacial score (nSPS) is 20.5. The fourth-order valence-electron chi connectivity index (χ4n) is 2.21. The number of amides is 2. The first kappa shape index (κ1) is 15.2. The van der Waals surface area contributed by atoms with Crippen molar-refractivity contribution in [2.24, 2.45) is 0 Å². The molecule has 0 spiro atoms. The number of carbonyl (C=O) groups excluding carboxylic acids is 1. The van der Waals surface area contributed by atoms with E-state index in [1.807, 2.05) is 6.92 Å². The molecule has 0 saturated heterocycles. The molecule has 1 aliphatic rings. The van der Waals surface area contributed by atoms with Gasteiger partial charge < -0.3 is 20.5 Å². The van der Waals surface area contributed by atoms with Crippen LogP contribution in [0.1, 0.15) is 30.1 Å². The molecule has 1 fully saturated rings. The molecule has 7 heteroatoms. The van der Waals surface area contributed by atoms with Crippen LogP contribution in [0.4, 0.5) is 14.9 Å². The van der Waals surface area contributed by atoms with Gasteiger partial charge in [-0.1, -0.05) is 0 Å². The molecule has 1 saturated carbocycles. The molecule has 0 bridgehead atoms. The topological polar surface area (TPSA) is 87.7 Å². The molecule has 1 aliphatic carbocycles. The average molecular weight is 296 g/mol. The number of aromatic carboxylic acids is 1. The van der Waals surface area contributed by atoms with E-state index in [-0.39, 0.29) is 23.4 Å². The lowest BCUT2D eigenvalue weighted by molar-refractivity contribution is -0.00673. The summed E-state index contributed by atoms with van der Waals surface area (Å²) in [5.41, 5.74) is -0.229. The van der Waals surface area contributed by atoms with E-state index in [1.165, 1.54) is 0 Å². The van der Waals surface area contributed by atoms with Crippen molar-refractivity contribution in [3.05, 3.63) is 29.6 Å². The molecule has 0 unspecified atom stereocenters. The first-order chi connectivity index (χ1) is 9.99. The van der Waals surface area contributed by atoms with Crippen LogP contribution in [0.2, 0.25) is 0 Å². The predicted molar refractivity (Wildman–Crippen MR) is 73.9 cm³/mol. The number of carboxylic acid groups (broad SMARTS) is 1. The number of rotatable bonds is 5. The third-order valence-corrected chi connectivity index (χ3v) is 3.29. The molecular weight excluding hydrogens is 279 g/mol. The maximum Gasteiger partial charge on any atom is 0.337 e. The van der Waals surface area contributed by atoms with Crippen LogP contribution in [-0.2, 0) is 4.74 Å². The van der Waals surface area contributed by atoms with Crippen LogP contribution in [0, 0.1) is 5.82 Å². The van der Waals surface area contributed by atoms with E-state index in [9.17, 15) is 14.0 Å². The van der Waals surface area contributed by atoms with Gasteiger partial charge in [-0.2, -0.15) is 0 Å². The van der Waals surface area contributed by atoms with Crippen molar-refractivity contribution in [1.82, 2.24) is 5.32 Å². The van der Waals surface area contributed by atoms with E-state index >= 15 is 0 Å². The van der Waals surface area contributed by atoms with Crippen LogP contribution in [0.15, 0.2) is 18.2 Å². The van der Waals surface area contributed by atoms with Crippen LogP contribution < -0.4 is 10.6 Å². The van der Waals surface area contributed by atoms with Crippen LogP contribution in [0.3, 0.4) is 0 Å². The lowest BCUT2D eigenvalue weighted by atomic mass is 9.89. The predicted octanol–water partition coefficient (Wildman–Crippen LogP) is 2.21. The van der Waals surface area contributed by atoms with Gasteiger partial charge in [-0.05, 0) is 38.0 Å². The van der Waals surface area contributed by atoms with E-state index in [4.69, 9.17) is 9.84 Å². The Morgan fingerprint density at radius 2 is 2.14 bits per heavy atom. The Kier molecular flexibility index (Phi) is 4.74. The summed E-state index contributed by atoms with van der Waals surface area (Å²) >= 11 is 0. The van der Waals surface area contributed by atoms with E-state index in [0.717, 1.165) is 31.0 Å². The summed E-state index contributed by atoms with van der Waals surface area (Å²) in [5.74, 6) is -1.85. The first-order valence-corrected chi connectivity index (χ1v) is 6.71. The number of hydrogen-bond acceptors (Lipinski definition) is 3. The van der Waals surface area contributed by atoms with Gasteiger partial charge in [0.05, 0.1) is 17.4 Å². The Hall–Kier alpha value is -2.15. The molecule has 6 nitrogen and oxygen atoms in total. The summed E-state index contributed by atoms with van der Waals surface area (Å²) in [6.45, 7) is 2.54. The second-order valence-corrected chi connectivity index (χ2v) is 4.84. The Morgan fingerprint density at radius 3 is 2.76 bits per heavy atom. The molecule has 114 valence electrons. The summed E-state index contributed by atoms with van der Waals surface area (Å²) in [6, 6.07) is 2.56. The second-order valence-electron chi connectivity index (χ2n) is 4.84. The average Bonchev–Trinajstić information content (AvgIpc) is 2.36. The molecule has 0 atom stereocenters. The molecule has 21 heavy (non-hydrogen) atoms. The van der Waals surface area contributed by atoms with Crippen LogP contribution in [0.5, 0.6) is 0 Å². The Balaban J connectivity index is 1.91. The number of anilines is 1. The van der Waals surface area contributed by atoms with E-state index in [1.54, 1.807) is 0 Å². The highest BCUT2D eigenvalue weighted by molar-refractivity contribution is 6.00. The molecule has 1 aromatic carbocycles. The molecule has 0 aliphatic heterocycles. The number of carbonyl (C=O) groups is 2. The van der Waals surface area contributed by atoms with Crippen LogP contribution in [-0.4, -0.2) is 35.9 Å². The zero-order chi connectivity index (χ0) is 15.4. The van der Waals surface area contributed by atoms with Gasteiger partial charge in [0.2, 0.25) is 0 Å². The lowest BCUT2D eigenvalue weighted by Crippen LogP contribution is -2.49. The van der Waals surface area contributed by atoms with Gasteiger partial charge in [-0.15, -0.1) is 0 Å². The molecule has 2 rings (SSSR count). The number of ether oxygens (including phenoxy) is 1. The van der Waals surface area contributed by atoms with Crippen molar-refractivity contribution >= 4 is 17.7 Å². The van der Waals surface area contributed by atoms with Crippen LogP contribution in [0.25, 0.3) is 0 Å². The Morgan fingerprint density at radius 1 is 1.43 bits per heavy atom. The monoisotopic (exact) mass is 296 g/mol. The number of halogens is 1. The van der Waals surface area contributed by atoms with Crippen molar-refractivity contribution < 1.29 is 23.8 Å². The standard InChI is InChI=1S/C14H17FN2O4/c1-2-21-10-6-9(7-10)16-14(20)17-12-5-8(15)3-4-11(12)13(18)19/h3-5,9-10H,2,6-7H2,1H3,(H,18,19)(H2,16,17,20). The van der Waals surface area contributed by atoms with Crippen molar-refractivity contribution in [1.29, 1.82) is 0 Å². The lowest BCUT2D eigenvalue weighted by Gasteiger charge is -2.35. The molecule has 0 heterocycles. The fourth-order valence-corrected chi connectivity index (χ4v) is 2.21. The molecule has 1 aromatic rings. The van der Waals surface area contributed by atoms with Gasteiger partial charge in [-0.3, -0.25) is 0 Å². The first-order valence-electron chi connectivity index (χ1n) is 6.71. The fraction of sp³-hybridized carbons (Fsp3) is 0.429. The van der Waals surface area contributed by atoms with Crippen molar-refractivity contribution in [2.75, 3.05) is 11.9 Å². The zero-order valence-corrected chi connectivity index (χ0v) is 11.6. The van der Waals surface area contributed by atoms with Crippen molar-refractivity contribution in [2.45, 2.75) is 31.9 Å². The summed E-state index contributed by atoms with van der Waals surface area (Å²) < 4.78 is 18.5. The van der Waals surface area contributed by atoms with Gasteiger partial charge >= 0.3 is 12.0 Å². The SMILES string of the molecule is CCOC1CC(NC(=O)Nc2cc(F)ccc2C(=O)O)C1. The number of benzene rings is 1. The Bertz CT molecular complexity index is 544. The van der Waals surface area contributed by atoms with E-state index in [2.05, 4.69) is 10.6 Å². The summed E-state index contributed by atoms with van der Waals surface area (Å²) in [7, 11) is 0. The summed E-state index contributed by atoms with van der Waals surface area (Å²) in [6.07, 6.45) is 1.59. The molecule has 0 radical (unpaired) electrons. The quantitative estimate of drug-likeness (QED) is 0.777. The van der Waals surface area contributed by atoms with E-state index < -0.39 is 17.8 Å². The smallest absolute Gasteiger partial charge is 0.337 e. The molecule has 3 N–H and O–H groups in total. The highest BCUT2D eigenvalue weighted by atomic mass is 19.1. The molecule has 2 amide bonds. The molecular formula is C14H17FN2O4. The minimum atomic E-state index is -1.23. The maximum absolute atomic E-state index is 13.2. The number of urea groups is 1. The maximum atomic E-state index is 13.2. The highest BCUT2D eigenvalue weighted by Crippen LogP contribution is 2.23. The minimum Gasteiger partial charge on any atom is -0.478 e. The molecule has 0 aromatic heterocycles. The van der Waals surface area contributed by atoms with Gasteiger partial charge in [0, 0.05) is 12.6 Å². The van der Waals surface area contributed by atoms with E-state index in [0.29, 0.717) is 6.61 Å². The summed E-state index contributed by atoms with van der Waals surface area (Å²) in [5, 5.41) is 14.1. The minimum absolute atomic E-state index is 0.0108. The van der Waals surface area contributed by atoms with Crippen LogP contribution >= 0.6 is 0 Å². The van der Waals surface area contributed by atoms with Gasteiger partial charge in [0.15, 0.2) is 0 Å². The highest BCUT2D eigenvalue weighted by Gasteiger charge is 2.30. The zero-order valence-electron chi connectivity index (χ0n) is 11.6. The van der Waals surface area contributed by atoms with Crippen molar-refractivity contribution in [3.8, 4) is 0 Å².